The van der Waals surface area contributed by atoms with Crippen LogP contribution in [0.25, 0.3) is 0 Å². The smallest absolute Gasteiger partial charge is 0.147 e. The van der Waals surface area contributed by atoms with E-state index in [0.717, 1.165) is 16.2 Å². The summed E-state index contributed by atoms with van der Waals surface area (Å²) in [5.74, 6) is -0.477. The summed E-state index contributed by atoms with van der Waals surface area (Å²) in [5.41, 5.74) is 1.23. The van der Waals surface area contributed by atoms with Crippen molar-refractivity contribution in [3.05, 3.63) is 64.1 Å². The highest BCUT2D eigenvalue weighted by molar-refractivity contribution is 9.10. The number of rotatable bonds is 3. The number of aromatic nitrogens is 1. The minimum Gasteiger partial charge on any atom is -0.388 e. The molecule has 1 heterocycles. The Hall–Kier alpha value is -1.26. The molecule has 0 fully saturated rings. The van der Waals surface area contributed by atoms with Gasteiger partial charge in [-0.15, -0.1) is 0 Å². The van der Waals surface area contributed by atoms with Gasteiger partial charge in [-0.25, -0.2) is 4.39 Å². The number of halogens is 2. The average Bonchev–Trinajstić information content (AvgIpc) is 2.29. The maximum atomic E-state index is 13.4. The summed E-state index contributed by atoms with van der Waals surface area (Å²) in [6, 6.07) is 9.09. The Bertz CT molecular complexity index is 518. The van der Waals surface area contributed by atoms with Crippen molar-refractivity contribution in [3.63, 3.8) is 0 Å². The normalized spacial score (nSPS) is 12.4. The lowest BCUT2D eigenvalue weighted by molar-refractivity contribution is 0.173. The Morgan fingerprint density at radius 1 is 1.35 bits per heavy atom. The standard InChI is InChI=1S/C13H11BrFNO/c14-10-3-1-2-9(6-10)7-13(17)11-4-5-16-8-12(11)15/h1-6,8,13,17H,7H2. The quantitative estimate of drug-likeness (QED) is 0.943. The van der Waals surface area contributed by atoms with Crippen LogP contribution < -0.4 is 0 Å². The van der Waals surface area contributed by atoms with Gasteiger partial charge in [0.15, 0.2) is 0 Å². The van der Waals surface area contributed by atoms with E-state index in [0.29, 0.717) is 6.42 Å². The number of hydrogen-bond donors (Lipinski definition) is 1. The van der Waals surface area contributed by atoms with Crippen LogP contribution in [-0.2, 0) is 6.42 Å². The molecule has 0 spiro atoms. The Morgan fingerprint density at radius 3 is 2.88 bits per heavy atom. The molecule has 2 rings (SSSR count). The van der Waals surface area contributed by atoms with Crippen LogP contribution in [0.5, 0.6) is 0 Å². The van der Waals surface area contributed by atoms with Crippen LogP contribution in [0.4, 0.5) is 4.39 Å². The zero-order valence-corrected chi connectivity index (χ0v) is 10.6. The Morgan fingerprint density at radius 2 is 2.18 bits per heavy atom. The third-order valence-electron chi connectivity index (χ3n) is 2.48. The SMILES string of the molecule is OC(Cc1cccc(Br)c1)c1ccncc1F. The van der Waals surface area contributed by atoms with E-state index in [1.807, 2.05) is 24.3 Å². The monoisotopic (exact) mass is 295 g/mol. The molecule has 17 heavy (non-hydrogen) atoms. The fraction of sp³-hybridized carbons (Fsp3) is 0.154. The molecule has 0 bridgehead atoms. The molecule has 0 radical (unpaired) electrons. The van der Waals surface area contributed by atoms with Gasteiger partial charge in [-0.05, 0) is 23.8 Å². The fourth-order valence-electron chi connectivity index (χ4n) is 1.65. The van der Waals surface area contributed by atoms with E-state index in [-0.39, 0.29) is 5.56 Å². The first kappa shape index (κ1) is 12.2. The number of hydrogen-bond acceptors (Lipinski definition) is 2. The first-order chi connectivity index (χ1) is 8.16. The summed E-state index contributed by atoms with van der Waals surface area (Å²) < 4.78 is 14.3. The van der Waals surface area contributed by atoms with Crippen LogP contribution in [0.3, 0.4) is 0 Å². The van der Waals surface area contributed by atoms with Crippen LogP contribution in [0, 0.1) is 5.82 Å². The molecule has 1 atom stereocenters. The summed E-state index contributed by atoms with van der Waals surface area (Å²) in [7, 11) is 0. The number of pyridine rings is 1. The third-order valence-corrected chi connectivity index (χ3v) is 2.97. The molecular weight excluding hydrogens is 285 g/mol. The van der Waals surface area contributed by atoms with Gasteiger partial charge in [0.2, 0.25) is 0 Å². The predicted octanol–water partition coefficient (Wildman–Crippen LogP) is 3.26. The summed E-state index contributed by atoms with van der Waals surface area (Å²) in [5, 5.41) is 9.96. The molecule has 0 aliphatic rings. The number of benzene rings is 1. The number of aliphatic hydroxyl groups excluding tert-OH is 1. The molecule has 0 saturated carbocycles. The van der Waals surface area contributed by atoms with Crippen molar-refractivity contribution < 1.29 is 9.50 Å². The Labute approximate surface area is 107 Å². The molecule has 1 unspecified atom stereocenters. The van der Waals surface area contributed by atoms with Crippen molar-refractivity contribution >= 4 is 15.9 Å². The van der Waals surface area contributed by atoms with Crippen molar-refractivity contribution in [2.45, 2.75) is 12.5 Å². The number of aliphatic hydroxyl groups is 1. The molecule has 0 aliphatic heterocycles. The van der Waals surface area contributed by atoms with Gasteiger partial charge in [0.25, 0.3) is 0 Å². The first-order valence-electron chi connectivity index (χ1n) is 5.19. The van der Waals surface area contributed by atoms with Crippen LogP contribution in [0.2, 0.25) is 0 Å². The lowest BCUT2D eigenvalue weighted by atomic mass is 10.0. The summed E-state index contributed by atoms with van der Waals surface area (Å²) in [6.07, 6.45) is 2.11. The highest BCUT2D eigenvalue weighted by atomic mass is 79.9. The molecule has 2 aromatic rings. The summed E-state index contributed by atoms with van der Waals surface area (Å²) in [4.78, 5) is 3.65. The maximum absolute atomic E-state index is 13.4. The zero-order chi connectivity index (χ0) is 12.3. The Balaban J connectivity index is 2.17. The van der Waals surface area contributed by atoms with E-state index in [4.69, 9.17) is 0 Å². The fourth-order valence-corrected chi connectivity index (χ4v) is 2.10. The molecule has 0 aliphatic carbocycles. The molecular formula is C13H11BrFNO. The molecule has 0 saturated heterocycles. The van der Waals surface area contributed by atoms with E-state index in [9.17, 15) is 9.50 Å². The van der Waals surface area contributed by atoms with Crippen molar-refractivity contribution in [2.75, 3.05) is 0 Å². The predicted molar refractivity (Wildman–Crippen MR) is 67.0 cm³/mol. The van der Waals surface area contributed by atoms with Gasteiger partial charge in [-0.1, -0.05) is 28.1 Å². The van der Waals surface area contributed by atoms with Gasteiger partial charge < -0.3 is 5.11 Å². The lowest BCUT2D eigenvalue weighted by Crippen LogP contribution is -2.04. The average molecular weight is 296 g/mol. The van der Waals surface area contributed by atoms with Crippen LogP contribution >= 0.6 is 15.9 Å². The minimum absolute atomic E-state index is 0.278. The van der Waals surface area contributed by atoms with Crippen molar-refractivity contribution in [2.24, 2.45) is 0 Å². The van der Waals surface area contributed by atoms with Gasteiger partial charge in [-0.3, -0.25) is 4.98 Å². The van der Waals surface area contributed by atoms with Crippen molar-refractivity contribution in [1.29, 1.82) is 0 Å². The Kier molecular flexibility index (Phi) is 3.86. The second kappa shape index (κ2) is 5.38. The topological polar surface area (TPSA) is 33.1 Å². The van der Waals surface area contributed by atoms with Gasteiger partial charge in [0.05, 0.1) is 12.3 Å². The van der Waals surface area contributed by atoms with Gasteiger partial charge in [-0.2, -0.15) is 0 Å². The van der Waals surface area contributed by atoms with Crippen molar-refractivity contribution in [1.82, 2.24) is 4.98 Å². The largest absolute Gasteiger partial charge is 0.388 e. The van der Waals surface area contributed by atoms with E-state index in [1.54, 1.807) is 0 Å². The van der Waals surface area contributed by atoms with Crippen LogP contribution in [-0.4, -0.2) is 10.1 Å². The van der Waals surface area contributed by atoms with Gasteiger partial charge >= 0.3 is 0 Å². The van der Waals surface area contributed by atoms with Gasteiger partial charge in [0, 0.05) is 22.7 Å². The molecule has 1 aromatic heterocycles. The van der Waals surface area contributed by atoms with Crippen molar-refractivity contribution in [3.8, 4) is 0 Å². The zero-order valence-electron chi connectivity index (χ0n) is 8.98. The van der Waals surface area contributed by atoms with Crippen LogP contribution in [0.15, 0.2) is 47.2 Å². The summed E-state index contributed by atoms with van der Waals surface area (Å²) >= 11 is 3.36. The molecule has 1 N–H and O–H groups in total. The second-order valence-corrected chi connectivity index (χ2v) is 4.66. The minimum atomic E-state index is -0.854. The molecule has 2 nitrogen and oxygen atoms in total. The van der Waals surface area contributed by atoms with E-state index >= 15 is 0 Å². The van der Waals surface area contributed by atoms with Gasteiger partial charge in [0.1, 0.15) is 5.82 Å². The van der Waals surface area contributed by atoms with Crippen LogP contribution in [0.1, 0.15) is 17.2 Å². The first-order valence-corrected chi connectivity index (χ1v) is 5.98. The molecule has 4 heteroatoms. The molecule has 88 valence electrons. The third kappa shape index (κ3) is 3.11. The summed E-state index contributed by atoms with van der Waals surface area (Å²) in [6.45, 7) is 0. The van der Waals surface area contributed by atoms with E-state index in [1.165, 1.54) is 12.3 Å². The molecule has 0 amide bonds. The highest BCUT2D eigenvalue weighted by Gasteiger charge is 2.13. The highest BCUT2D eigenvalue weighted by Crippen LogP contribution is 2.21. The maximum Gasteiger partial charge on any atom is 0.147 e. The van der Waals surface area contributed by atoms with E-state index < -0.39 is 11.9 Å². The van der Waals surface area contributed by atoms with E-state index in [2.05, 4.69) is 20.9 Å². The number of nitrogens with zero attached hydrogens (tertiary/aromatic N) is 1. The molecule has 1 aromatic carbocycles. The lowest BCUT2D eigenvalue weighted by Gasteiger charge is -2.11. The second-order valence-electron chi connectivity index (χ2n) is 3.75.